The van der Waals surface area contributed by atoms with Gasteiger partial charge in [0, 0.05) is 11.2 Å². The van der Waals surface area contributed by atoms with E-state index < -0.39 is 0 Å². The maximum atomic E-state index is 12.0. The molecule has 21 heavy (non-hydrogen) atoms. The Labute approximate surface area is 125 Å². The Bertz CT molecular complexity index is 627. The third-order valence-corrected chi connectivity index (χ3v) is 2.91. The lowest BCUT2D eigenvalue weighted by molar-refractivity contribution is 0.0914. The highest BCUT2D eigenvalue weighted by Crippen LogP contribution is 2.19. The van der Waals surface area contributed by atoms with Gasteiger partial charge in [-0.25, -0.2) is 4.98 Å². The molecule has 110 valence electrons. The third kappa shape index (κ3) is 4.31. The summed E-state index contributed by atoms with van der Waals surface area (Å²) in [5.74, 6) is -0.162. The van der Waals surface area contributed by atoms with E-state index in [-0.39, 0.29) is 11.4 Å². The van der Waals surface area contributed by atoms with Crippen LogP contribution in [0.5, 0.6) is 0 Å². The molecule has 0 aliphatic carbocycles. The van der Waals surface area contributed by atoms with Crippen LogP contribution in [0.25, 0.3) is 0 Å². The predicted molar refractivity (Wildman–Crippen MR) is 85.9 cm³/mol. The third-order valence-electron chi connectivity index (χ3n) is 2.91. The van der Waals surface area contributed by atoms with Crippen LogP contribution >= 0.6 is 0 Å². The summed E-state index contributed by atoms with van der Waals surface area (Å²) in [6.45, 7) is 7.87. The summed E-state index contributed by atoms with van der Waals surface area (Å²) in [6, 6.07) is 11.6. The van der Waals surface area contributed by atoms with Gasteiger partial charge < -0.3 is 10.6 Å². The van der Waals surface area contributed by atoms with Crippen molar-refractivity contribution in [1.29, 1.82) is 0 Å². The number of aryl methyl sites for hydroxylation is 1. The van der Waals surface area contributed by atoms with Crippen LogP contribution in [0.15, 0.2) is 42.6 Å². The smallest absolute Gasteiger partial charge is 0.270 e. The number of carbonyl (C=O) groups excluding carboxylic acids is 1. The molecule has 0 aliphatic rings. The van der Waals surface area contributed by atoms with Crippen LogP contribution in [0.3, 0.4) is 0 Å². The Balaban J connectivity index is 2.09. The molecule has 0 saturated carbocycles. The zero-order chi connectivity index (χ0) is 15.5. The quantitative estimate of drug-likeness (QED) is 0.903. The number of aromatic nitrogens is 1. The van der Waals surface area contributed by atoms with E-state index in [1.54, 1.807) is 12.3 Å². The molecule has 2 N–H and O–H groups in total. The summed E-state index contributed by atoms with van der Waals surface area (Å²) < 4.78 is 0. The molecule has 2 aromatic rings. The molecule has 0 aliphatic heterocycles. The molecule has 0 spiro atoms. The van der Waals surface area contributed by atoms with Gasteiger partial charge in [-0.2, -0.15) is 0 Å². The van der Waals surface area contributed by atoms with Crippen molar-refractivity contribution < 1.29 is 4.79 Å². The van der Waals surface area contributed by atoms with Gasteiger partial charge in [0.2, 0.25) is 0 Å². The Morgan fingerprint density at radius 3 is 2.38 bits per heavy atom. The maximum Gasteiger partial charge on any atom is 0.270 e. The summed E-state index contributed by atoms with van der Waals surface area (Å²) in [6.07, 6.45) is 1.67. The van der Waals surface area contributed by atoms with Crippen LogP contribution in [0, 0.1) is 6.92 Å². The highest BCUT2D eigenvalue weighted by atomic mass is 16.2. The molecule has 4 nitrogen and oxygen atoms in total. The van der Waals surface area contributed by atoms with Gasteiger partial charge in [0.15, 0.2) is 0 Å². The lowest BCUT2D eigenvalue weighted by atomic mass is 10.1. The minimum Gasteiger partial charge on any atom is -0.354 e. The Hall–Kier alpha value is -2.36. The normalized spacial score (nSPS) is 11.0. The van der Waals surface area contributed by atoms with Crippen molar-refractivity contribution in [2.75, 3.05) is 5.32 Å². The van der Waals surface area contributed by atoms with E-state index in [1.807, 2.05) is 58.0 Å². The largest absolute Gasteiger partial charge is 0.354 e. The first-order valence-corrected chi connectivity index (χ1v) is 6.96. The number of para-hydroxylation sites is 1. The highest BCUT2D eigenvalue weighted by molar-refractivity contribution is 5.93. The van der Waals surface area contributed by atoms with E-state index in [0.29, 0.717) is 5.69 Å². The van der Waals surface area contributed by atoms with Gasteiger partial charge in [0.1, 0.15) is 5.69 Å². The monoisotopic (exact) mass is 283 g/mol. The van der Waals surface area contributed by atoms with Crippen LogP contribution in [0.1, 0.15) is 36.8 Å². The second-order valence-electron chi connectivity index (χ2n) is 6.08. The number of nitrogens with one attached hydrogen (secondary N) is 2. The van der Waals surface area contributed by atoms with E-state index in [9.17, 15) is 4.79 Å². The lowest BCUT2D eigenvalue weighted by Crippen LogP contribution is -2.40. The summed E-state index contributed by atoms with van der Waals surface area (Å²) in [5, 5.41) is 6.18. The molecule has 1 aromatic heterocycles. The Morgan fingerprint density at radius 2 is 1.81 bits per heavy atom. The number of hydrogen-bond acceptors (Lipinski definition) is 3. The first kappa shape index (κ1) is 15.0. The fourth-order valence-electron chi connectivity index (χ4n) is 1.88. The number of anilines is 2. The van der Waals surface area contributed by atoms with Gasteiger partial charge in [-0.3, -0.25) is 4.79 Å². The Morgan fingerprint density at radius 1 is 1.10 bits per heavy atom. The molecule has 0 radical (unpaired) electrons. The van der Waals surface area contributed by atoms with Gasteiger partial charge in [0.05, 0.1) is 11.9 Å². The van der Waals surface area contributed by atoms with Crippen molar-refractivity contribution in [3.05, 3.63) is 53.9 Å². The van der Waals surface area contributed by atoms with Gasteiger partial charge >= 0.3 is 0 Å². The average molecular weight is 283 g/mol. The number of hydrogen-bond donors (Lipinski definition) is 2. The van der Waals surface area contributed by atoms with Gasteiger partial charge in [-0.1, -0.05) is 18.2 Å². The van der Waals surface area contributed by atoms with Crippen LogP contribution in [-0.4, -0.2) is 16.4 Å². The van der Waals surface area contributed by atoms with Crippen LogP contribution in [0.4, 0.5) is 11.4 Å². The molecule has 4 heteroatoms. The zero-order valence-corrected chi connectivity index (χ0v) is 12.9. The fourth-order valence-corrected chi connectivity index (χ4v) is 1.88. The van der Waals surface area contributed by atoms with E-state index in [0.717, 1.165) is 16.9 Å². The molecule has 0 fully saturated rings. The molecule has 0 unspecified atom stereocenters. The minimum absolute atomic E-state index is 0.162. The summed E-state index contributed by atoms with van der Waals surface area (Å²) in [5.41, 5.74) is 3.20. The molecular weight excluding hydrogens is 262 g/mol. The summed E-state index contributed by atoms with van der Waals surface area (Å²) in [4.78, 5) is 16.2. The van der Waals surface area contributed by atoms with Gasteiger partial charge in [-0.15, -0.1) is 0 Å². The molecule has 1 aromatic carbocycles. The fraction of sp³-hybridized carbons (Fsp3) is 0.294. The number of nitrogens with zero attached hydrogens (tertiary/aromatic N) is 1. The summed E-state index contributed by atoms with van der Waals surface area (Å²) in [7, 11) is 0. The number of benzene rings is 1. The van der Waals surface area contributed by atoms with Crippen molar-refractivity contribution in [3.63, 3.8) is 0 Å². The highest BCUT2D eigenvalue weighted by Gasteiger charge is 2.15. The van der Waals surface area contributed by atoms with Crippen LogP contribution in [0.2, 0.25) is 0 Å². The Kier molecular flexibility index (Phi) is 4.26. The van der Waals surface area contributed by atoms with E-state index in [4.69, 9.17) is 0 Å². The molecule has 1 amide bonds. The molecule has 1 heterocycles. The average Bonchev–Trinajstić information content (AvgIpc) is 2.40. The van der Waals surface area contributed by atoms with E-state index >= 15 is 0 Å². The van der Waals surface area contributed by atoms with Crippen LogP contribution in [-0.2, 0) is 0 Å². The van der Waals surface area contributed by atoms with Crippen molar-refractivity contribution >= 4 is 17.3 Å². The van der Waals surface area contributed by atoms with E-state index in [2.05, 4.69) is 15.6 Å². The number of rotatable bonds is 3. The molecular formula is C17H21N3O. The first-order valence-electron chi connectivity index (χ1n) is 6.96. The van der Waals surface area contributed by atoms with Crippen molar-refractivity contribution in [2.45, 2.75) is 33.2 Å². The van der Waals surface area contributed by atoms with Gasteiger partial charge in [-0.05, 0) is 51.5 Å². The molecule has 2 rings (SSSR count). The van der Waals surface area contributed by atoms with Crippen molar-refractivity contribution in [2.24, 2.45) is 0 Å². The second-order valence-corrected chi connectivity index (χ2v) is 6.08. The van der Waals surface area contributed by atoms with Crippen LogP contribution < -0.4 is 10.6 Å². The first-order chi connectivity index (χ1) is 9.85. The number of amides is 1. The SMILES string of the molecule is Cc1ccccc1Nc1ccc(C(=O)NC(C)(C)C)nc1. The number of pyridine rings is 1. The summed E-state index contributed by atoms with van der Waals surface area (Å²) >= 11 is 0. The molecule has 0 saturated heterocycles. The second kappa shape index (κ2) is 5.95. The number of carbonyl (C=O) groups is 1. The van der Waals surface area contributed by atoms with Crippen molar-refractivity contribution in [1.82, 2.24) is 10.3 Å². The minimum atomic E-state index is -0.267. The van der Waals surface area contributed by atoms with E-state index in [1.165, 1.54) is 0 Å². The maximum absolute atomic E-state index is 12.0. The van der Waals surface area contributed by atoms with Crippen molar-refractivity contribution in [3.8, 4) is 0 Å². The zero-order valence-electron chi connectivity index (χ0n) is 12.9. The standard InChI is InChI=1S/C17H21N3O/c1-12-7-5-6-8-14(12)19-13-9-10-15(18-11-13)16(21)20-17(2,3)4/h5-11,19H,1-4H3,(H,20,21). The lowest BCUT2D eigenvalue weighted by Gasteiger charge is -2.20. The molecule has 0 bridgehead atoms. The predicted octanol–water partition coefficient (Wildman–Crippen LogP) is 3.66. The topological polar surface area (TPSA) is 54.0 Å². The van der Waals surface area contributed by atoms with Gasteiger partial charge in [0.25, 0.3) is 5.91 Å². The molecule has 0 atom stereocenters.